The Morgan fingerprint density at radius 3 is 2.75 bits per heavy atom. The van der Waals surface area contributed by atoms with Crippen LogP contribution in [0.4, 0.5) is 0 Å². The van der Waals surface area contributed by atoms with Crippen LogP contribution in [0.1, 0.15) is 16.7 Å². The number of hydrogen-bond donors (Lipinski definition) is 1. The molecule has 0 amide bonds. The third kappa shape index (κ3) is 3.94. The van der Waals surface area contributed by atoms with Gasteiger partial charge in [-0.2, -0.15) is 0 Å². The smallest absolute Gasteiger partial charge is 0.120 e. The van der Waals surface area contributed by atoms with Gasteiger partial charge in [-0.25, -0.2) is 0 Å². The number of halogens is 1. The van der Waals surface area contributed by atoms with E-state index in [-0.39, 0.29) is 5.75 Å². The summed E-state index contributed by atoms with van der Waals surface area (Å²) >= 11 is 5.55. The van der Waals surface area contributed by atoms with E-state index in [0.29, 0.717) is 12.5 Å². The lowest BCUT2D eigenvalue weighted by Gasteiger charge is -2.08. The van der Waals surface area contributed by atoms with Crippen LogP contribution < -0.4 is 4.74 Å². The number of aryl methyl sites for hydroxylation is 1. The highest BCUT2D eigenvalue weighted by Crippen LogP contribution is 2.19. The number of alkyl halides is 1. The first kappa shape index (κ1) is 14.3. The number of phenols is 1. The standard InChI is InChI=1S/C17H15ClO2/c1-13-10-17(8-7-15(13)5-3-9-18)20-12-14-4-2-6-16(19)11-14/h2,4,6-8,10-11,19H,9,12H2,1H3. The molecule has 0 heterocycles. The summed E-state index contributed by atoms with van der Waals surface area (Å²) in [6.45, 7) is 2.40. The Balaban J connectivity index is 2.05. The fraction of sp³-hybridized carbons (Fsp3) is 0.176. The highest BCUT2D eigenvalue weighted by Gasteiger charge is 2.00. The van der Waals surface area contributed by atoms with Gasteiger partial charge in [0.15, 0.2) is 0 Å². The van der Waals surface area contributed by atoms with Crippen LogP contribution in [0.25, 0.3) is 0 Å². The van der Waals surface area contributed by atoms with Gasteiger partial charge in [0, 0.05) is 5.56 Å². The average Bonchev–Trinajstić information content (AvgIpc) is 2.44. The molecule has 2 nitrogen and oxygen atoms in total. The first-order valence-corrected chi connectivity index (χ1v) is 6.78. The van der Waals surface area contributed by atoms with Crippen molar-refractivity contribution in [1.82, 2.24) is 0 Å². The van der Waals surface area contributed by atoms with Gasteiger partial charge in [-0.15, -0.1) is 11.6 Å². The molecule has 102 valence electrons. The molecule has 0 aromatic heterocycles. The molecule has 0 bridgehead atoms. The highest BCUT2D eigenvalue weighted by molar-refractivity contribution is 6.19. The van der Waals surface area contributed by atoms with E-state index in [1.54, 1.807) is 18.2 Å². The molecule has 2 aromatic rings. The summed E-state index contributed by atoms with van der Waals surface area (Å²) in [4.78, 5) is 0. The second-order valence-corrected chi connectivity index (χ2v) is 4.64. The molecule has 20 heavy (non-hydrogen) atoms. The normalized spacial score (nSPS) is 9.70. The molecule has 0 saturated carbocycles. The van der Waals surface area contributed by atoms with E-state index in [1.165, 1.54) is 0 Å². The second-order valence-electron chi connectivity index (χ2n) is 4.37. The number of phenolic OH excluding ortho intramolecular Hbond substituents is 1. The predicted octanol–water partition coefficient (Wildman–Crippen LogP) is 3.87. The van der Waals surface area contributed by atoms with Gasteiger partial charge in [0.2, 0.25) is 0 Å². The maximum absolute atomic E-state index is 9.39. The largest absolute Gasteiger partial charge is 0.508 e. The third-order valence-corrected chi connectivity index (χ3v) is 2.94. The van der Waals surface area contributed by atoms with E-state index in [4.69, 9.17) is 16.3 Å². The van der Waals surface area contributed by atoms with Gasteiger partial charge in [-0.3, -0.25) is 0 Å². The summed E-state index contributed by atoms with van der Waals surface area (Å²) in [6.07, 6.45) is 0. The molecule has 0 fully saturated rings. The van der Waals surface area contributed by atoms with Crippen molar-refractivity contribution in [2.45, 2.75) is 13.5 Å². The lowest BCUT2D eigenvalue weighted by molar-refractivity contribution is 0.305. The molecule has 2 aromatic carbocycles. The van der Waals surface area contributed by atoms with Gasteiger partial charge in [0.25, 0.3) is 0 Å². The summed E-state index contributed by atoms with van der Waals surface area (Å²) in [6, 6.07) is 12.8. The number of rotatable bonds is 3. The highest BCUT2D eigenvalue weighted by atomic mass is 35.5. The molecule has 3 heteroatoms. The van der Waals surface area contributed by atoms with E-state index in [9.17, 15) is 5.11 Å². The minimum atomic E-state index is 0.244. The molecule has 0 radical (unpaired) electrons. The summed E-state index contributed by atoms with van der Waals surface area (Å²) in [5, 5.41) is 9.39. The fourth-order valence-corrected chi connectivity index (χ4v) is 1.87. The van der Waals surface area contributed by atoms with Crippen LogP contribution in [-0.4, -0.2) is 11.0 Å². The molecule has 0 saturated heterocycles. The Labute approximate surface area is 124 Å². The summed E-state index contributed by atoms with van der Waals surface area (Å²) in [7, 11) is 0. The van der Waals surface area contributed by atoms with Crippen molar-refractivity contribution in [3.05, 3.63) is 59.2 Å². The minimum Gasteiger partial charge on any atom is -0.508 e. The minimum absolute atomic E-state index is 0.244. The lowest BCUT2D eigenvalue weighted by Crippen LogP contribution is -1.96. The van der Waals surface area contributed by atoms with Crippen LogP contribution in [0.5, 0.6) is 11.5 Å². The molecule has 0 aliphatic heterocycles. The Kier molecular flexibility index (Phi) is 4.92. The van der Waals surface area contributed by atoms with Crippen molar-refractivity contribution in [3.63, 3.8) is 0 Å². The number of benzene rings is 2. The number of aromatic hydroxyl groups is 1. The van der Waals surface area contributed by atoms with E-state index in [0.717, 1.165) is 22.4 Å². The quantitative estimate of drug-likeness (QED) is 0.685. The first-order valence-electron chi connectivity index (χ1n) is 6.25. The van der Waals surface area contributed by atoms with Crippen LogP contribution in [-0.2, 0) is 6.61 Å². The average molecular weight is 287 g/mol. The topological polar surface area (TPSA) is 29.5 Å². The summed E-state index contributed by atoms with van der Waals surface area (Å²) < 4.78 is 5.70. The predicted molar refractivity (Wildman–Crippen MR) is 81.2 cm³/mol. The summed E-state index contributed by atoms with van der Waals surface area (Å²) in [5.74, 6) is 7.19. The maximum atomic E-state index is 9.39. The zero-order valence-corrected chi connectivity index (χ0v) is 11.9. The second kappa shape index (κ2) is 6.88. The number of ether oxygens (including phenoxy) is 1. The third-order valence-electron chi connectivity index (χ3n) is 2.80. The molecule has 0 atom stereocenters. The molecular weight excluding hydrogens is 272 g/mol. The Morgan fingerprint density at radius 2 is 2.05 bits per heavy atom. The van der Waals surface area contributed by atoms with E-state index < -0.39 is 0 Å². The molecule has 0 aliphatic carbocycles. The SMILES string of the molecule is Cc1cc(OCc2cccc(O)c2)ccc1C#CCCl. The van der Waals surface area contributed by atoms with E-state index in [1.807, 2.05) is 31.2 Å². The zero-order valence-electron chi connectivity index (χ0n) is 11.2. The van der Waals surface area contributed by atoms with Gasteiger partial charge in [0.1, 0.15) is 18.1 Å². The van der Waals surface area contributed by atoms with Gasteiger partial charge in [0.05, 0.1) is 5.88 Å². The van der Waals surface area contributed by atoms with E-state index in [2.05, 4.69) is 11.8 Å². The number of hydrogen-bond acceptors (Lipinski definition) is 2. The van der Waals surface area contributed by atoms with Crippen molar-refractivity contribution in [3.8, 4) is 23.3 Å². The molecule has 1 N–H and O–H groups in total. The van der Waals surface area contributed by atoms with Crippen molar-refractivity contribution in [2.75, 3.05) is 5.88 Å². The van der Waals surface area contributed by atoms with Crippen LogP contribution in [0.15, 0.2) is 42.5 Å². The van der Waals surface area contributed by atoms with Gasteiger partial charge in [-0.05, 0) is 48.4 Å². The van der Waals surface area contributed by atoms with Gasteiger partial charge >= 0.3 is 0 Å². The fourth-order valence-electron chi connectivity index (χ4n) is 1.81. The van der Waals surface area contributed by atoms with E-state index >= 15 is 0 Å². The first-order chi connectivity index (χ1) is 9.69. The van der Waals surface area contributed by atoms with Gasteiger partial charge in [-0.1, -0.05) is 24.0 Å². The molecule has 0 unspecified atom stereocenters. The Hall–Kier alpha value is -2.11. The molecule has 0 spiro atoms. The van der Waals surface area contributed by atoms with Crippen molar-refractivity contribution in [1.29, 1.82) is 0 Å². The summed E-state index contributed by atoms with van der Waals surface area (Å²) in [5.41, 5.74) is 2.93. The Morgan fingerprint density at radius 1 is 1.20 bits per heavy atom. The van der Waals surface area contributed by atoms with Crippen molar-refractivity contribution < 1.29 is 9.84 Å². The van der Waals surface area contributed by atoms with Crippen LogP contribution >= 0.6 is 11.6 Å². The van der Waals surface area contributed by atoms with Crippen molar-refractivity contribution in [2.24, 2.45) is 0 Å². The molecule has 0 aliphatic rings. The van der Waals surface area contributed by atoms with Crippen LogP contribution in [0, 0.1) is 18.8 Å². The zero-order chi connectivity index (χ0) is 14.4. The van der Waals surface area contributed by atoms with Crippen LogP contribution in [0.3, 0.4) is 0 Å². The molecule has 2 rings (SSSR count). The van der Waals surface area contributed by atoms with Crippen molar-refractivity contribution >= 4 is 11.6 Å². The van der Waals surface area contributed by atoms with Crippen LogP contribution in [0.2, 0.25) is 0 Å². The maximum Gasteiger partial charge on any atom is 0.120 e. The van der Waals surface area contributed by atoms with Gasteiger partial charge < -0.3 is 9.84 Å². The monoisotopic (exact) mass is 286 g/mol. The Bertz CT molecular complexity index is 654. The molecular formula is C17H15ClO2. The lowest BCUT2D eigenvalue weighted by atomic mass is 10.1.